The van der Waals surface area contributed by atoms with Crippen LogP contribution in [-0.4, -0.2) is 73.2 Å². The molecule has 7 rings (SSSR count). The van der Waals surface area contributed by atoms with E-state index in [1.54, 1.807) is 38.1 Å². The Balaban J connectivity index is 1.08. The van der Waals surface area contributed by atoms with Gasteiger partial charge in [-0.3, -0.25) is 19.2 Å². The third-order valence-corrected chi connectivity index (χ3v) is 11.7. The average Bonchev–Trinajstić information content (AvgIpc) is 3.86. The van der Waals surface area contributed by atoms with Gasteiger partial charge in [0.05, 0.1) is 18.1 Å². The molecule has 0 radical (unpaired) electrons. The van der Waals surface area contributed by atoms with Gasteiger partial charge in [-0.25, -0.2) is 10.9 Å². The molecule has 2 bridgehead atoms. The third kappa shape index (κ3) is 7.55. The van der Waals surface area contributed by atoms with Gasteiger partial charge in [0.25, 0.3) is 5.91 Å². The number of benzene rings is 2. The molecule has 7 atom stereocenters. The number of alkyl halides is 3. The molecule has 3 saturated carbocycles. The van der Waals surface area contributed by atoms with Crippen molar-refractivity contribution in [2.24, 2.45) is 23.2 Å². The molecule has 1 unspecified atom stereocenters. The van der Waals surface area contributed by atoms with Crippen molar-refractivity contribution >= 4 is 30.7 Å². The summed E-state index contributed by atoms with van der Waals surface area (Å²) in [7, 11) is -0.615. The molecule has 2 aromatic rings. The maximum absolute atomic E-state index is 13.7. The van der Waals surface area contributed by atoms with Gasteiger partial charge in [0.1, 0.15) is 18.1 Å². The summed E-state index contributed by atoms with van der Waals surface area (Å²) >= 11 is 0. The summed E-state index contributed by atoms with van der Waals surface area (Å²) in [5.41, 5.74) is 1.96. The molecule has 3 aliphatic carbocycles. The summed E-state index contributed by atoms with van der Waals surface area (Å²) in [5, 5.41) is 10.9. The van der Waals surface area contributed by atoms with Crippen molar-refractivity contribution in [3.63, 3.8) is 0 Å². The molecule has 2 aliphatic heterocycles. The van der Waals surface area contributed by atoms with Crippen LogP contribution in [0.3, 0.4) is 0 Å². The average molecular weight is 741 g/mol. The van der Waals surface area contributed by atoms with Crippen molar-refractivity contribution < 1.29 is 41.7 Å². The second kappa shape index (κ2) is 14.3. The SMILES string of the molecule is CC(C)[C@H](NC(=O)c1cccc(C2(C(F)(F)F)NN2)c1)C(=O)N[C@@H](Cc1ccccc1)C(=O)N[C@@H](C)C(=O)NCB1O[C@@H]2CC3C[C@@H](C3(C)C)[C@]2(C)O1. The van der Waals surface area contributed by atoms with Crippen LogP contribution in [0.1, 0.15) is 75.9 Å². The summed E-state index contributed by atoms with van der Waals surface area (Å²) in [4.78, 5) is 53.8. The van der Waals surface area contributed by atoms with Crippen LogP contribution in [0.15, 0.2) is 54.6 Å². The van der Waals surface area contributed by atoms with E-state index in [4.69, 9.17) is 9.31 Å². The fourth-order valence-corrected chi connectivity index (χ4v) is 8.24. The minimum absolute atomic E-state index is 0.0379. The Hall–Kier alpha value is -3.99. The Morgan fingerprint density at radius 3 is 2.23 bits per heavy atom. The summed E-state index contributed by atoms with van der Waals surface area (Å²) in [6.07, 6.45) is -2.50. The molecule has 16 heteroatoms. The molecule has 12 nitrogen and oxygen atoms in total. The maximum atomic E-state index is 13.7. The third-order valence-electron chi connectivity index (χ3n) is 11.7. The first-order valence-corrected chi connectivity index (χ1v) is 18.1. The first-order valence-electron chi connectivity index (χ1n) is 18.1. The predicted octanol–water partition coefficient (Wildman–Crippen LogP) is 2.88. The zero-order chi connectivity index (χ0) is 38.5. The highest BCUT2D eigenvalue weighted by atomic mass is 19.4. The van der Waals surface area contributed by atoms with Gasteiger partial charge in [-0.05, 0) is 73.1 Å². The van der Waals surface area contributed by atoms with Gasteiger partial charge in [0.15, 0.2) is 0 Å². The Bertz CT molecular complexity index is 1730. The lowest BCUT2D eigenvalue weighted by molar-refractivity contribution is -0.199. The maximum Gasteiger partial charge on any atom is 0.478 e. The van der Waals surface area contributed by atoms with E-state index in [0.29, 0.717) is 11.8 Å². The van der Waals surface area contributed by atoms with Crippen LogP contribution in [0.5, 0.6) is 0 Å². The standard InChI is InChI=1S/C37H48BF3N6O6/c1-20(2)29(45-31(49)23-13-10-14-24(16-23)36(46-47-36)37(39,40)41)33(51)44-26(15-22-11-8-7-9-12-22)32(50)43-21(3)30(48)42-19-38-52-28-18-25-17-27(34(25,4)5)35(28,6)53-38/h7-14,16,20-21,25-29,46-47H,15,17-19H2,1-6H3,(H,42,48)(H,43,50)(H,44,51)(H,45,49)/t21-,25?,26-,27-,28+,29-,35-/m0/s1. The number of hydrogen-bond acceptors (Lipinski definition) is 8. The van der Waals surface area contributed by atoms with E-state index in [9.17, 15) is 32.3 Å². The monoisotopic (exact) mass is 740 g/mol. The largest absolute Gasteiger partial charge is 0.478 e. The molecule has 6 N–H and O–H groups in total. The first-order chi connectivity index (χ1) is 24.9. The van der Waals surface area contributed by atoms with Gasteiger partial charge in [-0.1, -0.05) is 70.2 Å². The van der Waals surface area contributed by atoms with Gasteiger partial charge in [0, 0.05) is 12.0 Å². The predicted molar refractivity (Wildman–Crippen MR) is 189 cm³/mol. The van der Waals surface area contributed by atoms with Gasteiger partial charge < -0.3 is 30.6 Å². The molecule has 286 valence electrons. The highest BCUT2D eigenvalue weighted by Gasteiger charge is 2.68. The van der Waals surface area contributed by atoms with Crippen LogP contribution < -0.4 is 32.1 Å². The van der Waals surface area contributed by atoms with Crippen molar-refractivity contribution in [1.82, 2.24) is 32.1 Å². The van der Waals surface area contributed by atoms with E-state index in [1.165, 1.54) is 25.1 Å². The van der Waals surface area contributed by atoms with Crippen molar-refractivity contribution in [1.29, 1.82) is 0 Å². The van der Waals surface area contributed by atoms with Crippen LogP contribution >= 0.6 is 0 Å². The zero-order valence-electron chi connectivity index (χ0n) is 30.7. The lowest BCUT2D eigenvalue weighted by atomic mass is 9.43. The molecule has 2 heterocycles. The fraction of sp³-hybridized carbons (Fsp3) is 0.568. The van der Waals surface area contributed by atoms with E-state index in [-0.39, 0.29) is 35.5 Å². The van der Waals surface area contributed by atoms with Gasteiger partial charge in [-0.15, -0.1) is 0 Å². The number of carbonyl (C=O) groups is 4. The van der Waals surface area contributed by atoms with Gasteiger partial charge in [-0.2, -0.15) is 13.2 Å². The number of rotatable bonds is 13. The van der Waals surface area contributed by atoms with Gasteiger partial charge >= 0.3 is 13.3 Å². The number of hydrogen-bond donors (Lipinski definition) is 6. The van der Waals surface area contributed by atoms with Crippen LogP contribution in [0.25, 0.3) is 0 Å². The Morgan fingerprint density at radius 1 is 0.906 bits per heavy atom. The quantitative estimate of drug-likeness (QED) is 0.134. The van der Waals surface area contributed by atoms with Crippen LogP contribution in [0, 0.1) is 23.2 Å². The number of halogens is 3. The molecule has 2 aromatic carbocycles. The summed E-state index contributed by atoms with van der Waals surface area (Å²) in [6.45, 7) is 11.5. The zero-order valence-corrected chi connectivity index (χ0v) is 30.7. The lowest BCUT2D eigenvalue weighted by Gasteiger charge is -2.64. The van der Waals surface area contributed by atoms with Crippen LogP contribution in [-0.2, 0) is 35.8 Å². The summed E-state index contributed by atoms with van der Waals surface area (Å²) in [6, 6.07) is 10.7. The molecular weight excluding hydrogens is 692 g/mol. The lowest BCUT2D eigenvalue weighted by Crippen LogP contribution is -2.65. The van der Waals surface area contributed by atoms with Crippen molar-refractivity contribution in [2.75, 3.05) is 6.44 Å². The normalized spacial score (nSPS) is 26.7. The molecule has 53 heavy (non-hydrogen) atoms. The van der Waals surface area contributed by atoms with Crippen LogP contribution in [0.4, 0.5) is 13.2 Å². The van der Waals surface area contributed by atoms with E-state index in [0.717, 1.165) is 24.5 Å². The highest BCUT2D eigenvalue weighted by molar-refractivity contribution is 6.46. The molecule has 0 spiro atoms. The summed E-state index contributed by atoms with van der Waals surface area (Å²) < 4.78 is 53.6. The summed E-state index contributed by atoms with van der Waals surface area (Å²) in [5.74, 6) is -2.04. The van der Waals surface area contributed by atoms with E-state index in [2.05, 4.69) is 52.9 Å². The first kappa shape index (κ1) is 38.7. The molecule has 0 aromatic heterocycles. The molecule has 5 fully saturated rings. The minimum atomic E-state index is -4.66. The number of amides is 4. The van der Waals surface area contributed by atoms with Crippen molar-refractivity contribution in [2.45, 2.75) is 102 Å². The molecule has 5 aliphatic rings. The second-order valence-corrected chi connectivity index (χ2v) is 15.9. The highest BCUT2D eigenvalue weighted by Crippen LogP contribution is 2.65. The second-order valence-electron chi connectivity index (χ2n) is 15.9. The van der Waals surface area contributed by atoms with E-state index >= 15 is 0 Å². The number of hydrazine groups is 1. The van der Waals surface area contributed by atoms with Crippen LogP contribution in [0.2, 0.25) is 0 Å². The molecule has 4 amide bonds. The minimum Gasteiger partial charge on any atom is -0.404 e. The smallest absolute Gasteiger partial charge is 0.404 e. The Labute approximate surface area is 307 Å². The van der Waals surface area contributed by atoms with E-state index < -0.39 is 72.2 Å². The van der Waals surface area contributed by atoms with Crippen molar-refractivity contribution in [3.8, 4) is 0 Å². The molecule has 2 saturated heterocycles. The topological polar surface area (TPSA) is 179 Å². The number of nitrogens with one attached hydrogen (secondary N) is 6. The molecular formula is C37H48BF3N6O6. The number of carbonyl (C=O) groups excluding carboxylic acids is 4. The Kier molecular flexibility index (Phi) is 10.5. The van der Waals surface area contributed by atoms with E-state index in [1.807, 2.05) is 6.07 Å². The fourth-order valence-electron chi connectivity index (χ4n) is 8.24. The van der Waals surface area contributed by atoms with Gasteiger partial charge in [0.2, 0.25) is 23.4 Å². The van der Waals surface area contributed by atoms with Crippen molar-refractivity contribution in [3.05, 3.63) is 71.3 Å². The Morgan fingerprint density at radius 2 is 1.60 bits per heavy atom.